The number of nitrogens with zero attached hydrogens (tertiary/aromatic N) is 2. The number of halogens is 1. The Morgan fingerprint density at radius 2 is 1.85 bits per heavy atom. The zero-order valence-electron chi connectivity index (χ0n) is 13.8. The Kier molecular flexibility index (Phi) is 4.08. The first kappa shape index (κ1) is 16.2. The van der Waals surface area contributed by atoms with Crippen LogP contribution in [0.4, 0.5) is 10.1 Å². The van der Waals surface area contributed by atoms with Gasteiger partial charge in [0.2, 0.25) is 11.8 Å². The number of aliphatic imine (C=N–C) groups is 1. The third-order valence-electron chi connectivity index (χ3n) is 4.32. The molecule has 0 bridgehead atoms. The molecule has 4 rings (SSSR count). The van der Waals surface area contributed by atoms with Gasteiger partial charge in [-0.15, -0.1) is 0 Å². The summed E-state index contributed by atoms with van der Waals surface area (Å²) in [6.07, 6.45) is 2.79. The maximum absolute atomic E-state index is 13.7. The van der Waals surface area contributed by atoms with Crippen LogP contribution in [-0.4, -0.2) is 24.3 Å². The molecule has 1 amide bonds. The number of rotatable bonds is 3. The summed E-state index contributed by atoms with van der Waals surface area (Å²) in [7, 11) is 0. The van der Waals surface area contributed by atoms with Gasteiger partial charge < -0.3 is 9.64 Å². The first-order valence-corrected chi connectivity index (χ1v) is 8.30. The summed E-state index contributed by atoms with van der Waals surface area (Å²) in [5, 5.41) is 0. The van der Waals surface area contributed by atoms with Crippen molar-refractivity contribution in [3.63, 3.8) is 0 Å². The molecule has 2 aromatic rings. The van der Waals surface area contributed by atoms with E-state index in [2.05, 4.69) is 4.99 Å². The zero-order chi connectivity index (χ0) is 18.1. The van der Waals surface area contributed by atoms with Gasteiger partial charge in [-0.25, -0.2) is 14.2 Å². The average Bonchev–Trinajstić information content (AvgIpc) is 3.23. The van der Waals surface area contributed by atoms with Crippen LogP contribution < -0.4 is 4.90 Å². The highest BCUT2D eigenvalue weighted by atomic mass is 19.1. The molecule has 0 spiro atoms. The standard InChI is InChI=1S/C20H15FN2O3/c21-16-5-2-1-4-14(16)12-17-20(25)26-19(22-17)13-7-9-15(10-8-13)23-11-3-6-18(23)24/h1-2,4-5,7-10,12H,3,6,11H2. The van der Waals surface area contributed by atoms with Gasteiger partial charge in [-0.1, -0.05) is 18.2 Å². The second-order valence-electron chi connectivity index (χ2n) is 6.05. The van der Waals surface area contributed by atoms with Gasteiger partial charge in [-0.3, -0.25) is 4.79 Å². The van der Waals surface area contributed by atoms with Crippen molar-refractivity contribution >= 4 is 29.5 Å². The minimum Gasteiger partial charge on any atom is -0.402 e. The van der Waals surface area contributed by atoms with Crippen LogP contribution in [0.3, 0.4) is 0 Å². The lowest BCUT2D eigenvalue weighted by Crippen LogP contribution is -2.23. The van der Waals surface area contributed by atoms with Crippen molar-refractivity contribution in [3.05, 3.63) is 71.2 Å². The Balaban J connectivity index is 1.59. The first-order valence-electron chi connectivity index (χ1n) is 8.30. The number of hydrogen-bond acceptors (Lipinski definition) is 4. The Labute approximate surface area is 149 Å². The number of carbonyl (C=O) groups is 2. The van der Waals surface area contributed by atoms with E-state index < -0.39 is 11.8 Å². The highest BCUT2D eigenvalue weighted by Crippen LogP contribution is 2.24. The molecular weight excluding hydrogens is 335 g/mol. The smallest absolute Gasteiger partial charge is 0.363 e. The molecule has 130 valence electrons. The molecule has 0 N–H and O–H groups in total. The van der Waals surface area contributed by atoms with E-state index in [1.807, 2.05) is 0 Å². The van der Waals surface area contributed by atoms with Gasteiger partial charge in [0.25, 0.3) is 0 Å². The molecule has 5 nitrogen and oxygen atoms in total. The van der Waals surface area contributed by atoms with Crippen LogP contribution >= 0.6 is 0 Å². The molecule has 0 unspecified atom stereocenters. The zero-order valence-corrected chi connectivity index (χ0v) is 13.8. The summed E-state index contributed by atoms with van der Waals surface area (Å²) >= 11 is 0. The van der Waals surface area contributed by atoms with Crippen LogP contribution in [0.5, 0.6) is 0 Å². The predicted molar refractivity (Wildman–Crippen MR) is 95.0 cm³/mol. The summed E-state index contributed by atoms with van der Waals surface area (Å²) in [6.45, 7) is 0.712. The lowest BCUT2D eigenvalue weighted by Gasteiger charge is -2.15. The second-order valence-corrected chi connectivity index (χ2v) is 6.05. The van der Waals surface area contributed by atoms with Crippen molar-refractivity contribution in [2.75, 3.05) is 11.4 Å². The van der Waals surface area contributed by atoms with Gasteiger partial charge in [0.15, 0.2) is 5.70 Å². The molecule has 1 saturated heterocycles. The van der Waals surface area contributed by atoms with Crippen LogP contribution in [0.1, 0.15) is 24.0 Å². The van der Waals surface area contributed by atoms with Gasteiger partial charge in [0.1, 0.15) is 5.82 Å². The molecule has 1 fully saturated rings. The predicted octanol–water partition coefficient (Wildman–Crippen LogP) is 3.30. The van der Waals surface area contributed by atoms with E-state index in [9.17, 15) is 14.0 Å². The highest BCUT2D eigenvalue weighted by molar-refractivity contribution is 6.13. The van der Waals surface area contributed by atoms with Crippen LogP contribution in [0.15, 0.2) is 59.2 Å². The summed E-state index contributed by atoms with van der Waals surface area (Å²) in [4.78, 5) is 29.7. The van der Waals surface area contributed by atoms with Crippen molar-refractivity contribution in [1.29, 1.82) is 0 Å². The normalized spacial score (nSPS) is 18.4. The number of hydrogen-bond donors (Lipinski definition) is 0. The number of benzene rings is 2. The maximum atomic E-state index is 13.7. The largest absolute Gasteiger partial charge is 0.402 e. The van der Waals surface area contributed by atoms with E-state index >= 15 is 0 Å². The van der Waals surface area contributed by atoms with E-state index in [1.54, 1.807) is 47.4 Å². The van der Waals surface area contributed by atoms with Gasteiger partial charge in [-0.05, 0) is 42.8 Å². The molecule has 26 heavy (non-hydrogen) atoms. The second kappa shape index (κ2) is 6.55. The molecule has 0 atom stereocenters. The maximum Gasteiger partial charge on any atom is 0.363 e. The fraction of sp³-hybridized carbons (Fsp3) is 0.150. The van der Waals surface area contributed by atoms with E-state index in [4.69, 9.17) is 4.74 Å². The topological polar surface area (TPSA) is 59.0 Å². The minimum absolute atomic E-state index is 0.0453. The SMILES string of the molecule is O=C1OC(c2ccc(N3CCCC3=O)cc2)=NC1=Cc1ccccc1F. The molecule has 0 aliphatic carbocycles. The molecule has 2 aromatic carbocycles. The van der Waals surface area contributed by atoms with Crippen LogP contribution in [0.25, 0.3) is 6.08 Å². The molecule has 0 radical (unpaired) electrons. The van der Waals surface area contributed by atoms with Gasteiger partial charge in [0, 0.05) is 29.8 Å². The number of esters is 1. The average molecular weight is 350 g/mol. The van der Waals surface area contributed by atoms with E-state index in [0.717, 1.165) is 12.1 Å². The van der Waals surface area contributed by atoms with E-state index in [1.165, 1.54) is 12.1 Å². The Bertz CT molecular complexity index is 948. The number of cyclic esters (lactones) is 1. The monoisotopic (exact) mass is 350 g/mol. The van der Waals surface area contributed by atoms with Gasteiger partial charge in [0.05, 0.1) is 0 Å². The lowest BCUT2D eigenvalue weighted by molar-refractivity contribution is -0.130. The van der Waals surface area contributed by atoms with Gasteiger partial charge >= 0.3 is 5.97 Å². The molecule has 0 aromatic heterocycles. The Hall–Kier alpha value is -3.28. The summed E-state index contributed by atoms with van der Waals surface area (Å²) in [5.41, 5.74) is 1.74. The molecule has 2 heterocycles. The first-order chi connectivity index (χ1) is 12.6. The summed E-state index contributed by atoms with van der Waals surface area (Å²) < 4.78 is 18.9. The van der Waals surface area contributed by atoms with E-state index in [0.29, 0.717) is 18.5 Å². The number of ether oxygens (including phenoxy) is 1. The Morgan fingerprint density at radius 3 is 2.54 bits per heavy atom. The third-order valence-corrected chi connectivity index (χ3v) is 4.32. The van der Waals surface area contributed by atoms with Crippen molar-refractivity contribution in [2.24, 2.45) is 4.99 Å². The van der Waals surface area contributed by atoms with Crippen molar-refractivity contribution in [3.8, 4) is 0 Å². The Morgan fingerprint density at radius 1 is 1.08 bits per heavy atom. The molecule has 2 aliphatic heterocycles. The fourth-order valence-electron chi connectivity index (χ4n) is 2.98. The van der Waals surface area contributed by atoms with Crippen LogP contribution in [0.2, 0.25) is 0 Å². The molecule has 2 aliphatic rings. The summed E-state index contributed by atoms with van der Waals surface area (Å²) in [5.74, 6) is -0.785. The number of carbonyl (C=O) groups excluding carboxylic acids is 2. The molecule has 0 saturated carbocycles. The summed E-state index contributed by atoms with van der Waals surface area (Å²) in [6, 6.07) is 13.2. The van der Waals surface area contributed by atoms with Gasteiger partial charge in [-0.2, -0.15) is 0 Å². The van der Waals surface area contributed by atoms with Crippen LogP contribution in [-0.2, 0) is 14.3 Å². The molecular formula is C20H15FN2O3. The van der Waals surface area contributed by atoms with E-state index in [-0.39, 0.29) is 23.1 Å². The van der Waals surface area contributed by atoms with Crippen LogP contribution in [0, 0.1) is 5.82 Å². The lowest BCUT2D eigenvalue weighted by atomic mass is 10.2. The quantitative estimate of drug-likeness (QED) is 0.630. The van der Waals surface area contributed by atoms with Crippen molar-refractivity contribution < 1.29 is 18.7 Å². The fourth-order valence-corrected chi connectivity index (χ4v) is 2.98. The minimum atomic E-state index is -0.623. The van der Waals surface area contributed by atoms with Crippen molar-refractivity contribution in [2.45, 2.75) is 12.8 Å². The molecule has 6 heteroatoms. The number of anilines is 1. The highest BCUT2D eigenvalue weighted by Gasteiger charge is 2.25. The third kappa shape index (κ3) is 3.01. The number of amides is 1. The van der Waals surface area contributed by atoms with Crippen molar-refractivity contribution in [1.82, 2.24) is 0 Å².